The van der Waals surface area contributed by atoms with Gasteiger partial charge in [-0.05, 0) is 17.5 Å². The lowest BCUT2D eigenvalue weighted by Gasteiger charge is -2.07. The lowest BCUT2D eigenvalue weighted by atomic mass is 10.1. The summed E-state index contributed by atoms with van der Waals surface area (Å²) in [6, 6.07) is 0. The lowest BCUT2D eigenvalue weighted by molar-refractivity contribution is 0.461. The van der Waals surface area contributed by atoms with E-state index in [0.717, 1.165) is 29.5 Å². The molecule has 13 heteroatoms. The number of rotatable bonds is 3. The fourth-order valence-electron chi connectivity index (χ4n) is 1.83. The van der Waals surface area contributed by atoms with E-state index in [4.69, 9.17) is 10.7 Å². The zero-order valence-electron chi connectivity index (χ0n) is 10.7. The molecular weight excluding hydrogens is 358 g/mol. The Balaban J connectivity index is 2.25. The molecule has 0 atom stereocenters. The van der Waals surface area contributed by atoms with Crippen molar-refractivity contribution in [2.75, 3.05) is 0 Å². The standard InChI is InChI=1S/C10H3F4N7S2/c11-4-3(5(12)7(14)8(6(4)13)18-20-15)2-1-21-9(17-2)22-10(19-21)23-16/h1H,16H2. The first-order valence-corrected chi connectivity index (χ1v) is 7.32. The molecule has 0 saturated heterocycles. The third-order valence-electron chi connectivity index (χ3n) is 2.77. The Bertz CT molecular complexity index is 915. The van der Waals surface area contributed by atoms with Crippen molar-refractivity contribution in [1.82, 2.24) is 14.6 Å². The number of aromatic nitrogens is 3. The third kappa shape index (κ3) is 2.39. The van der Waals surface area contributed by atoms with Gasteiger partial charge in [-0.1, -0.05) is 16.5 Å². The second-order valence-electron chi connectivity index (χ2n) is 4.01. The zero-order chi connectivity index (χ0) is 16.7. The predicted molar refractivity (Wildman–Crippen MR) is 75.0 cm³/mol. The molecule has 23 heavy (non-hydrogen) atoms. The minimum atomic E-state index is -1.81. The van der Waals surface area contributed by atoms with Crippen molar-refractivity contribution in [3.63, 3.8) is 0 Å². The first-order valence-electron chi connectivity index (χ1n) is 5.62. The first kappa shape index (κ1) is 15.6. The number of hydrogen-bond acceptors (Lipinski definition) is 6. The number of fused-ring (bicyclic) bond motifs is 1. The number of hydrogen-bond donors (Lipinski definition) is 1. The van der Waals surface area contributed by atoms with Crippen LogP contribution in [0, 0.1) is 23.3 Å². The molecule has 7 nitrogen and oxygen atoms in total. The number of nitrogens with zero attached hydrogens (tertiary/aromatic N) is 6. The van der Waals surface area contributed by atoms with Gasteiger partial charge in [0.1, 0.15) is 5.69 Å². The van der Waals surface area contributed by atoms with Crippen LogP contribution < -0.4 is 5.14 Å². The monoisotopic (exact) mass is 361 g/mol. The molecule has 3 rings (SSSR count). The van der Waals surface area contributed by atoms with Crippen molar-refractivity contribution >= 4 is 33.9 Å². The summed E-state index contributed by atoms with van der Waals surface area (Å²) in [5.41, 5.74) is 5.44. The average molecular weight is 361 g/mol. The van der Waals surface area contributed by atoms with Gasteiger partial charge in [0.25, 0.3) is 0 Å². The summed E-state index contributed by atoms with van der Waals surface area (Å²) in [6.07, 6.45) is 1.10. The molecule has 0 fully saturated rings. The summed E-state index contributed by atoms with van der Waals surface area (Å²) in [5.74, 6) is -7.05. The van der Waals surface area contributed by atoms with Gasteiger partial charge in [0.15, 0.2) is 27.6 Å². The molecule has 0 radical (unpaired) electrons. The van der Waals surface area contributed by atoms with Crippen LogP contribution in [0.25, 0.3) is 26.7 Å². The molecule has 0 aliphatic rings. The molecule has 0 bridgehead atoms. The minimum Gasteiger partial charge on any atom is -0.272 e. The Hall–Kier alpha value is -2.34. The van der Waals surface area contributed by atoms with E-state index in [-0.39, 0.29) is 10.7 Å². The van der Waals surface area contributed by atoms with Crippen molar-refractivity contribution in [3.05, 3.63) is 39.9 Å². The summed E-state index contributed by atoms with van der Waals surface area (Å²) >= 11 is 1.88. The van der Waals surface area contributed by atoms with E-state index in [1.54, 1.807) is 0 Å². The van der Waals surface area contributed by atoms with Crippen molar-refractivity contribution < 1.29 is 17.6 Å². The topological polar surface area (TPSA) is 105 Å². The second kappa shape index (κ2) is 5.70. The van der Waals surface area contributed by atoms with E-state index in [2.05, 4.69) is 20.1 Å². The molecule has 0 unspecified atom stereocenters. The Kier molecular flexibility index (Phi) is 3.85. The van der Waals surface area contributed by atoms with Gasteiger partial charge in [0, 0.05) is 4.91 Å². The van der Waals surface area contributed by atoms with E-state index >= 15 is 0 Å². The van der Waals surface area contributed by atoms with Gasteiger partial charge in [0.2, 0.25) is 4.96 Å². The van der Waals surface area contributed by atoms with Crippen LogP contribution in [0.1, 0.15) is 0 Å². The summed E-state index contributed by atoms with van der Waals surface area (Å²) in [6.45, 7) is 0. The summed E-state index contributed by atoms with van der Waals surface area (Å²) in [7, 11) is 0. The quantitative estimate of drug-likeness (QED) is 0.191. The van der Waals surface area contributed by atoms with E-state index < -0.39 is 34.5 Å². The fourth-order valence-corrected chi connectivity index (χ4v) is 2.99. The van der Waals surface area contributed by atoms with Crippen LogP contribution in [-0.4, -0.2) is 14.6 Å². The minimum absolute atomic E-state index is 0.228. The molecule has 3 aromatic rings. The fraction of sp³-hybridized carbons (Fsp3) is 0. The number of benzene rings is 1. The number of azide groups is 1. The van der Waals surface area contributed by atoms with Crippen molar-refractivity contribution in [1.29, 1.82) is 0 Å². The SMILES string of the molecule is [N-]=[N+]=Nc1c(F)c(F)c(-c2cn3nc(SN)sc3n2)c(F)c1F. The van der Waals surface area contributed by atoms with Crippen LogP contribution in [0.3, 0.4) is 0 Å². The molecule has 0 amide bonds. The molecule has 0 aliphatic carbocycles. The van der Waals surface area contributed by atoms with Crippen LogP contribution in [0.4, 0.5) is 23.2 Å². The predicted octanol–water partition coefficient (Wildman–Crippen LogP) is 3.92. The molecule has 0 spiro atoms. The van der Waals surface area contributed by atoms with E-state index in [9.17, 15) is 17.6 Å². The summed E-state index contributed by atoms with van der Waals surface area (Å²) in [4.78, 5) is 6.22. The maximum Gasteiger partial charge on any atom is 0.213 e. The van der Waals surface area contributed by atoms with Gasteiger partial charge in [-0.3, -0.25) is 5.14 Å². The van der Waals surface area contributed by atoms with E-state index in [1.165, 1.54) is 4.52 Å². The van der Waals surface area contributed by atoms with Crippen molar-refractivity contribution in [2.45, 2.75) is 4.34 Å². The van der Waals surface area contributed by atoms with Crippen molar-refractivity contribution in [2.24, 2.45) is 10.3 Å². The normalized spacial score (nSPS) is 11.0. The van der Waals surface area contributed by atoms with Crippen LogP contribution in [0.5, 0.6) is 0 Å². The van der Waals surface area contributed by atoms with Gasteiger partial charge >= 0.3 is 0 Å². The van der Waals surface area contributed by atoms with Gasteiger partial charge in [-0.15, -0.1) is 5.10 Å². The average Bonchev–Trinajstić information content (AvgIpc) is 3.08. The maximum atomic E-state index is 14.0. The van der Waals surface area contributed by atoms with E-state index in [0.29, 0.717) is 4.34 Å². The molecule has 0 aliphatic heterocycles. The molecule has 1 aromatic carbocycles. The van der Waals surface area contributed by atoms with Crippen LogP contribution in [-0.2, 0) is 0 Å². The Morgan fingerprint density at radius 2 is 1.87 bits per heavy atom. The third-order valence-corrected chi connectivity index (χ3v) is 4.31. The highest BCUT2D eigenvalue weighted by Crippen LogP contribution is 2.36. The van der Waals surface area contributed by atoms with Gasteiger partial charge in [-0.25, -0.2) is 27.1 Å². The smallest absolute Gasteiger partial charge is 0.213 e. The van der Waals surface area contributed by atoms with Crippen LogP contribution >= 0.6 is 23.3 Å². The molecule has 0 saturated carbocycles. The van der Waals surface area contributed by atoms with E-state index in [1.807, 2.05) is 0 Å². The molecule has 2 aromatic heterocycles. The van der Waals surface area contributed by atoms with Gasteiger partial charge in [0.05, 0.1) is 17.5 Å². The number of imidazole rings is 1. The zero-order valence-corrected chi connectivity index (χ0v) is 12.3. The highest BCUT2D eigenvalue weighted by atomic mass is 32.2. The molecule has 118 valence electrons. The molecule has 2 heterocycles. The van der Waals surface area contributed by atoms with Gasteiger partial charge < -0.3 is 0 Å². The van der Waals surface area contributed by atoms with Crippen LogP contribution in [0.2, 0.25) is 0 Å². The number of nitrogens with two attached hydrogens (primary N) is 1. The van der Waals surface area contributed by atoms with Gasteiger partial charge in [-0.2, -0.15) is 0 Å². The lowest BCUT2D eigenvalue weighted by Crippen LogP contribution is -2.00. The maximum absolute atomic E-state index is 14.0. The Labute approximate surface area is 132 Å². The largest absolute Gasteiger partial charge is 0.272 e. The van der Waals surface area contributed by atoms with Crippen LogP contribution in [0.15, 0.2) is 15.7 Å². The molecular formula is C10H3F4N7S2. The highest BCUT2D eigenvalue weighted by Gasteiger charge is 2.27. The summed E-state index contributed by atoms with van der Waals surface area (Å²) < 4.78 is 57.2. The Morgan fingerprint density at radius 3 is 2.39 bits per heavy atom. The second-order valence-corrected chi connectivity index (χ2v) is 5.84. The summed E-state index contributed by atoms with van der Waals surface area (Å²) in [5, 5.41) is 11.9. The number of halogens is 4. The van der Waals surface area contributed by atoms with Crippen molar-refractivity contribution in [3.8, 4) is 11.3 Å². The Morgan fingerprint density at radius 1 is 1.22 bits per heavy atom. The first-order chi connectivity index (χ1) is 11.0. The highest BCUT2D eigenvalue weighted by molar-refractivity contribution is 7.98. The molecule has 2 N–H and O–H groups in total.